The number of para-hydroxylation sites is 3. The summed E-state index contributed by atoms with van der Waals surface area (Å²) < 4.78 is 4.73. The number of rotatable bonds is 5. The van der Waals surface area contributed by atoms with Crippen molar-refractivity contribution in [3.8, 4) is 45.5 Å². The largest absolute Gasteiger partial charge is 0.309 e. The van der Waals surface area contributed by atoms with Gasteiger partial charge in [0.1, 0.15) is 0 Å². The van der Waals surface area contributed by atoms with E-state index in [-0.39, 0.29) is 0 Å². The van der Waals surface area contributed by atoms with Crippen LogP contribution in [0.3, 0.4) is 0 Å². The van der Waals surface area contributed by atoms with Gasteiger partial charge < -0.3 is 9.13 Å². The number of benzene rings is 7. The fourth-order valence-corrected chi connectivity index (χ4v) is 7.99. The maximum atomic E-state index is 5.28. The zero-order chi connectivity index (χ0) is 35.6. The summed E-state index contributed by atoms with van der Waals surface area (Å²) in [5, 5.41) is 5.72. The van der Waals surface area contributed by atoms with E-state index in [1.54, 1.807) is 0 Å². The lowest BCUT2D eigenvalue weighted by Gasteiger charge is -2.13. The van der Waals surface area contributed by atoms with E-state index in [9.17, 15) is 0 Å². The smallest absolute Gasteiger partial charge is 0.164 e. The fourth-order valence-electron chi connectivity index (χ4n) is 7.99. The third kappa shape index (κ3) is 4.67. The number of aromatic nitrogens is 6. The summed E-state index contributed by atoms with van der Waals surface area (Å²) in [5.41, 5.74) is 10.3. The van der Waals surface area contributed by atoms with Crippen LogP contribution in [-0.4, -0.2) is 29.1 Å². The number of hydrogen-bond acceptors (Lipinski definition) is 4. The Bertz CT molecular complexity index is 3140. The molecular formula is C48H30N6. The molecule has 4 aromatic heterocycles. The first-order valence-corrected chi connectivity index (χ1v) is 18.1. The van der Waals surface area contributed by atoms with Gasteiger partial charge in [-0.25, -0.2) is 15.0 Å². The minimum absolute atomic E-state index is 0.613. The van der Waals surface area contributed by atoms with Crippen LogP contribution in [0.25, 0.3) is 100 Å². The van der Waals surface area contributed by atoms with Gasteiger partial charge in [-0.15, -0.1) is 0 Å². The predicted molar refractivity (Wildman–Crippen MR) is 220 cm³/mol. The topological polar surface area (TPSA) is 61.4 Å². The second kappa shape index (κ2) is 12.1. The molecule has 54 heavy (non-hydrogen) atoms. The summed E-state index contributed by atoms with van der Waals surface area (Å²) in [7, 11) is 0. The minimum Gasteiger partial charge on any atom is -0.309 e. The summed E-state index contributed by atoms with van der Waals surface area (Å²) in [6.45, 7) is 0. The Morgan fingerprint density at radius 2 is 0.815 bits per heavy atom. The quantitative estimate of drug-likeness (QED) is 0.180. The highest BCUT2D eigenvalue weighted by Gasteiger charge is 2.21. The van der Waals surface area contributed by atoms with Crippen LogP contribution in [0.15, 0.2) is 182 Å². The molecule has 11 rings (SSSR count). The fraction of sp³-hybridized carbons (Fsp3) is 0. The van der Waals surface area contributed by atoms with Crippen molar-refractivity contribution >= 4 is 54.5 Å². The molecule has 6 heteroatoms. The average molecular weight is 691 g/mol. The van der Waals surface area contributed by atoms with Crippen molar-refractivity contribution < 1.29 is 0 Å². The standard InChI is InChI=1S/C48H30N6/c1-4-15-31(16-5-1)46-50-47(32-17-6-2-7-18-32)52-48(51-46)33-19-14-22-35(29-33)54-41-25-12-10-23-36(41)38-27-28-39-43(45(38)54)49-30-40-37-24-11-13-26-42(37)53(44(39)40)34-20-8-3-9-21-34/h1-30H. The lowest BCUT2D eigenvalue weighted by atomic mass is 10.1. The molecule has 0 radical (unpaired) electrons. The van der Waals surface area contributed by atoms with Gasteiger partial charge in [-0.1, -0.05) is 133 Å². The molecule has 0 aliphatic carbocycles. The lowest BCUT2D eigenvalue weighted by Crippen LogP contribution is -2.01. The lowest BCUT2D eigenvalue weighted by molar-refractivity contribution is 1.07. The minimum atomic E-state index is 0.613. The van der Waals surface area contributed by atoms with Crippen LogP contribution in [-0.2, 0) is 0 Å². The highest BCUT2D eigenvalue weighted by molar-refractivity contribution is 6.24. The second-order valence-electron chi connectivity index (χ2n) is 13.5. The molecule has 252 valence electrons. The monoisotopic (exact) mass is 690 g/mol. The summed E-state index contributed by atoms with van der Waals surface area (Å²) in [6.07, 6.45) is 2.05. The Morgan fingerprint density at radius 1 is 0.333 bits per heavy atom. The summed E-state index contributed by atoms with van der Waals surface area (Å²) in [6, 6.07) is 61.0. The molecule has 0 saturated carbocycles. The Kier molecular flexibility index (Phi) is 6.75. The van der Waals surface area contributed by atoms with E-state index in [2.05, 4.69) is 131 Å². The first-order chi connectivity index (χ1) is 26.8. The second-order valence-corrected chi connectivity index (χ2v) is 13.5. The number of nitrogens with zero attached hydrogens (tertiary/aromatic N) is 6. The molecule has 6 nitrogen and oxygen atoms in total. The molecule has 0 fully saturated rings. The van der Waals surface area contributed by atoms with E-state index in [0.29, 0.717) is 17.5 Å². The van der Waals surface area contributed by atoms with E-state index < -0.39 is 0 Å². The molecule has 7 aromatic carbocycles. The third-order valence-electron chi connectivity index (χ3n) is 10.4. The van der Waals surface area contributed by atoms with Crippen LogP contribution in [0.5, 0.6) is 0 Å². The van der Waals surface area contributed by atoms with Gasteiger partial charge in [0, 0.05) is 61.2 Å². The summed E-state index contributed by atoms with van der Waals surface area (Å²) >= 11 is 0. The normalized spacial score (nSPS) is 11.7. The zero-order valence-electron chi connectivity index (χ0n) is 29.0. The van der Waals surface area contributed by atoms with Crippen LogP contribution in [0.4, 0.5) is 0 Å². The molecule has 4 heterocycles. The van der Waals surface area contributed by atoms with Crippen LogP contribution in [0, 0.1) is 0 Å². The van der Waals surface area contributed by atoms with Gasteiger partial charge in [-0.3, -0.25) is 4.98 Å². The van der Waals surface area contributed by atoms with Crippen LogP contribution < -0.4 is 0 Å². The molecule has 0 unspecified atom stereocenters. The molecule has 0 atom stereocenters. The zero-order valence-corrected chi connectivity index (χ0v) is 29.0. The summed E-state index contributed by atoms with van der Waals surface area (Å²) in [5.74, 6) is 1.88. The van der Waals surface area contributed by atoms with Gasteiger partial charge in [0.15, 0.2) is 17.5 Å². The Hall–Kier alpha value is -7.44. The van der Waals surface area contributed by atoms with Crippen molar-refractivity contribution in [2.24, 2.45) is 0 Å². The van der Waals surface area contributed by atoms with Crippen LogP contribution >= 0.6 is 0 Å². The Morgan fingerprint density at radius 3 is 1.46 bits per heavy atom. The van der Waals surface area contributed by atoms with Crippen LogP contribution in [0.1, 0.15) is 0 Å². The van der Waals surface area contributed by atoms with Gasteiger partial charge >= 0.3 is 0 Å². The van der Waals surface area contributed by atoms with Crippen molar-refractivity contribution in [2.75, 3.05) is 0 Å². The average Bonchev–Trinajstić information content (AvgIpc) is 3.78. The van der Waals surface area contributed by atoms with Crippen molar-refractivity contribution in [2.45, 2.75) is 0 Å². The van der Waals surface area contributed by atoms with E-state index in [0.717, 1.165) is 71.8 Å². The van der Waals surface area contributed by atoms with Gasteiger partial charge in [-0.2, -0.15) is 0 Å². The SMILES string of the molecule is c1ccc(-c2nc(-c3ccccc3)nc(-c3cccc(-n4c5ccccc5c5ccc6c(ncc7c8ccccc8n(-c8ccccc8)c76)c54)c3)n2)cc1. The van der Waals surface area contributed by atoms with Gasteiger partial charge in [0.25, 0.3) is 0 Å². The van der Waals surface area contributed by atoms with Gasteiger partial charge in [-0.05, 0) is 42.5 Å². The van der Waals surface area contributed by atoms with Gasteiger partial charge in [0.05, 0.1) is 27.6 Å². The van der Waals surface area contributed by atoms with Crippen molar-refractivity contribution in [1.29, 1.82) is 0 Å². The Balaban J connectivity index is 1.18. The first kappa shape index (κ1) is 30.2. The predicted octanol–water partition coefficient (Wildman–Crippen LogP) is 11.6. The molecule has 0 aliphatic rings. The van der Waals surface area contributed by atoms with Crippen LogP contribution in [0.2, 0.25) is 0 Å². The molecule has 0 bridgehead atoms. The molecule has 11 aromatic rings. The number of fused-ring (bicyclic) bond motifs is 9. The van der Waals surface area contributed by atoms with E-state index >= 15 is 0 Å². The third-order valence-corrected chi connectivity index (χ3v) is 10.4. The van der Waals surface area contributed by atoms with Crippen molar-refractivity contribution in [3.05, 3.63) is 182 Å². The molecule has 0 saturated heterocycles. The van der Waals surface area contributed by atoms with E-state index in [1.165, 1.54) is 10.8 Å². The van der Waals surface area contributed by atoms with E-state index in [1.807, 2.05) is 60.7 Å². The molecule has 0 spiro atoms. The maximum absolute atomic E-state index is 5.28. The Labute approximate surface area is 310 Å². The number of pyridine rings is 1. The maximum Gasteiger partial charge on any atom is 0.164 e. The first-order valence-electron chi connectivity index (χ1n) is 18.1. The molecule has 0 N–H and O–H groups in total. The molecular weight excluding hydrogens is 661 g/mol. The highest BCUT2D eigenvalue weighted by atomic mass is 15.0. The number of hydrogen-bond donors (Lipinski definition) is 0. The van der Waals surface area contributed by atoms with Crippen molar-refractivity contribution in [3.63, 3.8) is 0 Å². The molecule has 0 aliphatic heterocycles. The molecule has 0 amide bonds. The van der Waals surface area contributed by atoms with Crippen molar-refractivity contribution in [1.82, 2.24) is 29.1 Å². The highest BCUT2D eigenvalue weighted by Crippen LogP contribution is 2.41. The van der Waals surface area contributed by atoms with E-state index in [4.69, 9.17) is 19.9 Å². The summed E-state index contributed by atoms with van der Waals surface area (Å²) in [4.78, 5) is 20.3. The van der Waals surface area contributed by atoms with Gasteiger partial charge in [0.2, 0.25) is 0 Å².